The normalized spacial score (nSPS) is 7.40. The van der Waals surface area contributed by atoms with Crippen LogP contribution in [0.15, 0.2) is 0 Å². The molecule has 0 amide bonds. The Morgan fingerprint density at radius 3 is 2.60 bits per heavy atom. The van der Waals surface area contributed by atoms with Gasteiger partial charge >= 0.3 is 0 Å². The maximum Gasteiger partial charge on any atom is 0.176 e. The third-order valence-electron chi connectivity index (χ3n) is 0.186. The van der Waals surface area contributed by atoms with Crippen LogP contribution in [0.1, 0.15) is 0 Å². The molecule has 1 radical (unpaired) electrons. The van der Waals surface area contributed by atoms with Crippen molar-refractivity contribution in [3.05, 3.63) is 6.92 Å². The van der Waals surface area contributed by atoms with E-state index in [1.165, 1.54) is 11.8 Å². The summed E-state index contributed by atoms with van der Waals surface area (Å²) in [6, 6.07) is 0. The van der Waals surface area contributed by atoms with Crippen molar-refractivity contribution in [3.8, 4) is 0 Å². The first-order valence-corrected chi connectivity index (χ1v) is 2.31. The summed E-state index contributed by atoms with van der Waals surface area (Å²) >= 11 is 1.17. The van der Waals surface area contributed by atoms with Crippen molar-refractivity contribution in [3.63, 3.8) is 0 Å². The van der Waals surface area contributed by atoms with Crippen LogP contribution in [0.5, 0.6) is 0 Å². The Bertz CT molecular complexity index is 28.1. The summed E-state index contributed by atoms with van der Waals surface area (Å²) in [6.07, 6.45) is 0. The lowest BCUT2D eigenvalue weighted by Gasteiger charge is -1.68. The molecule has 5 heavy (non-hydrogen) atoms. The molecular formula is C3H5OS. The van der Waals surface area contributed by atoms with E-state index in [0.29, 0.717) is 5.75 Å². The van der Waals surface area contributed by atoms with Gasteiger partial charge in [-0.05, 0) is 6.92 Å². The van der Waals surface area contributed by atoms with E-state index >= 15 is 0 Å². The number of carbonyl (C=O) groups excluding carboxylic acids is 1. The van der Waals surface area contributed by atoms with Crippen molar-refractivity contribution in [2.45, 2.75) is 0 Å². The lowest BCUT2D eigenvalue weighted by Crippen LogP contribution is -1.60. The summed E-state index contributed by atoms with van der Waals surface area (Å²) < 4.78 is 0. The molecule has 1 nitrogen and oxygen atoms in total. The summed E-state index contributed by atoms with van der Waals surface area (Å²) in [6.45, 7) is 3.41. The van der Waals surface area contributed by atoms with Crippen molar-refractivity contribution in [2.75, 3.05) is 5.75 Å². The van der Waals surface area contributed by atoms with Gasteiger partial charge in [0.25, 0.3) is 0 Å². The van der Waals surface area contributed by atoms with Crippen LogP contribution in [-0.2, 0) is 4.79 Å². The van der Waals surface area contributed by atoms with Crippen LogP contribution in [-0.4, -0.2) is 11.4 Å². The minimum atomic E-state index is 0.642. The lowest BCUT2D eigenvalue weighted by molar-refractivity contribution is 0.570. The van der Waals surface area contributed by atoms with E-state index in [0.717, 1.165) is 5.62 Å². The molecule has 0 saturated carbocycles. The van der Waals surface area contributed by atoms with Crippen LogP contribution in [0.3, 0.4) is 0 Å². The van der Waals surface area contributed by atoms with Gasteiger partial charge in [0.1, 0.15) is 0 Å². The summed E-state index contributed by atoms with van der Waals surface area (Å²) in [7, 11) is 0. The maximum atomic E-state index is 9.33. The molecule has 0 atom stereocenters. The van der Waals surface area contributed by atoms with Gasteiger partial charge in [-0.2, -0.15) is 0 Å². The highest BCUT2D eigenvalue weighted by Crippen LogP contribution is 1.85. The zero-order valence-corrected chi connectivity index (χ0v) is 3.62. The summed E-state index contributed by atoms with van der Waals surface area (Å²) in [5.41, 5.74) is 0.785. The number of hydrogen-bond donors (Lipinski definition) is 0. The van der Waals surface area contributed by atoms with Crippen LogP contribution in [0, 0.1) is 6.92 Å². The predicted molar refractivity (Wildman–Crippen MR) is 24.6 cm³/mol. The van der Waals surface area contributed by atoms with Gasteiger partial charge in [-0.25, -0.2) is 0 Å². The fourth-order valence-corrected chi connectivity index (χ4v) is 0.144. The topological polar surface area (TPSA) is 17.1 Å². The van der Waals surface area contributed by atoms with Gasteiger partial charge < -0.3 is 0 Å². The fraction of sp³-hybridized carbons (Fsp3) is 0.333. The first-order valence-electron chi connectivity index (χ1n) is 1.26. The average molecular weight is 89.1 g/mol. The molecule has 0 aliphatic rings. The van der Waals surface area contributed by atoms with Crippen molar-refractivity contribution in [1.29, 1.82) is 0 Å². The van der Waals surface area contributed by atoms with Crippen molar-refractivity contribution < 1.29 is 4.79 Å². The molecule has 0 aliphatic heterocycles. The molecule has 0 N–H and O–H groups in total. The van der Waals surface area contributed by atoms with E-state index in [2.05, 4.69) is 6.92 Å². The first kappa shape index (κ1) is 5.02. The number of rotatable bonds is 2. The second-order valence-electron chi connectivity index (χ2n) is 0.467. The smallest absolute Gasteiger partial charge is 0.176 e. The van der Waals surface area contributed by atoms with E-state index < -0.39 is 0 Å². The van der Waals surface area contributed by atoms with Gasteiger partial charge in [0.15, 0.2) is 5.62 Å². The highest BCUT2D eigenvalue weighted by molar-refractivity contribution is 8.11. The number of carbonyl (C=O) groups is 1. The predicted octanol–water partition coefficient (Wildman–Crippen LogP) is 0.744. The molecule has 0 saturated heterocycles. The molecule has 0 aromatic heterocycles. The van der Waals surface area contributed by atoms with E-state index in [9.17, 15) is 4.79 Å². The molecule has 0 spiro atoms. The zero-order valence-electron chi connectivity index (χ0n) is 2.81. The van der Waals surface area contributed by atoms with Gasteiger partial charge in [0, 0.05) is 5.75 Å². The van der Waals surface area contributed by atoms with Crippen molar-refractivity contribution in [2.24, 2.45) is 0 Å². The molecule has 0 unspecified atom stereocenters. The van der Waals surface area contributed by atoms with E-state index in [4.69, 9.17) is 0 Å². The van der Waals surface area contributed by atoms with E-state index in [-0.39, 0.29) is 0 Å². The second kappa shape index (κ2) is 4.02. The van der Waals surface area contributed by atoms with Crippen LogP contribution in [0.2, 0.25) is 0 Å². The SMILES string of the molecule is [CH2]CSC=O. The van der Waals surface area contributed by atoms with E-state index in [1.807, 2.05) is 0 Å². The molecule has 0 bridgehead atoms. The molecule has 0 heterocycles. The van der Waals surface area contributed by atoms with E-state index in [1.54, 1.807) is 0 Å². The summed E-state index contributed by atoms with van der Waals surface area (Å²) in [5.74, 6) is 0.642. The van der Waals surface area contributed by atoms with Crippen LogP contribution in [0.25, 0.3) is 0 Å². The monoisotopic (exact) mass is 89.0 g/mol. The Hall–Kier alpha value is 0.0200. The highest BCUT2D eigenvalue weighted by atomic mass is 32.2. The summed E-state index contributed by atoms with van der Waals surface area (Å²) in [4.78, 5) is 9.33. The molecule has 0 aromatic rings. The van der Waals surface area contributed by atoms with Crippen molar-refractivity contribution >= 4 is 17.4 Å². The molecule has 2 heteroatoms. The Labute approximate surface area is 35.8 Å². The van der Waals surface area contributed by atoms with Crippen LogP contribution in [0.4, 0.5) is 0 Å². The highest BCUT2D eigenvalue weighted by Gasteiger charge is 1.66. The Kier molecular flexibility index (Phi) is 4.04. The minimum absolute atomic E-state index is 0.642. The van der Waals surface area contributed by atoms with Gasteiger partial charge in [-0.1, -0.05) is 11.8 Å². The van der Waals surface area contributed by atoms with Gasteiger partial charge in [-0.3, -0.25) is 4.79 Å². The molecule has 0 fully saturated rings. The fourth-order valence-electron chi connectivity index (χ4n) is 0.0481. The quantitative estimate of drug-likeness (QED) is 0.464. The summed E-state index contributed by atoms with van der Waals surface area (Å²) in [5, 5.41) is 0. The lowest BCUT2D eigenvalue weighted by atomic mass is 11.0. The largest absolute Gasteiger partial charge is 0.291 e. The standard InChI is InChI=1S/C3H5OS/c1-2-5-3-4/h3H,1-2H2. The molecule has 0 rings (SSSR count). The Morgan fingerprint density at radius 1 is 2.00 bits per heavy atom. The molecule has 0 aliphatic carbocycles. The number of thioether (sulfide) groups is 1. The van der Waals surface area contributed by atoms with Crippen molar-refractivity contribution in [1.82, 2.24) is 0 Å². The van der Waals surface area contributed by atoms with Gasteiger partial charge in [0.2, 0.25) is 0 Å². The third kappa shape index (κ3) is 4.02. The Balaban J connectivity index is 2.40. The number of hydrogen-bond acceptors (Lipinski definition) is 2. The van der Waals surface area contributed by atoms with Crippen LogP contribution >= 0.6 is 11.8 Å². The molecular weight excluding hydrogens is 84.1 g/mol. The zero-order chi connectivity index (χ0) is 4.12. The molecule has 0 aromatic carbocycles. The van der Waals surface area contributed by atoms with Crippen LogP contribution < -0.4 is 0 Å². The van der Waals surface area contributed by atoms with Gasteiger partial charge in [-0.15, -0.1) is 0 Å². The Morgan fingerprint density at radius 2 is 2.60 bits per heavy atom. The minimum Gasteiger partial charge on any atom is -0.291 e. The van der Waals surface area contributed by atoms with Gasteiger partial charge in [0.05, 0.1) is 0 Å². The molecule has 29 valence electrons. The average Bonchev–Trinajstić information content (AvgIpc) is 1.41. The first-order chi connectivity index (χ1) is 2.41. The second-order valence-corrected chi connectivity index (χ2v) is 1.40. The third-order valence-corrected chi connectivity index (χ3v) is 0.558. The maximum absolute atomic E-state index is 9.33.